The highest BCUT2D eigenvalue weighted by molar-refractivity contribution is 5.95. The zero-order valence-corrected chi connectivity index (χ0v) is 24.6. The Bertz CT molecular complexity index is 1010. The van der Waals surface area contributed by atoms with Crippen molar-refractivity contribution in [3.63, 3.8) is 0 Å². The second kappa shape index (κ2) is 13.4. The molecule has 0 aromatic heterocycles. The van der Waals surface area contributed by atoms with E-state index in [1.807, 2.05) is 0 Å². The first kappa shape index (κ1) is 30.4. The molecule has 4 atom stereocenters. The summed E-state index contributed by atoms with van der Waals surface area (Å²) < 4.78 is 0. The van der Waals surface area contributed by atoms with Gasteiger partial charge in [0, 0.05) is 29.8 Å². The topological polar surface area (TPSA) is 120 Å². The summed E-state index contributed by atoms with van der Waals surface area (Å²) in [5.41, 5.74) is 3.57. The summed E-state index contributed by atoms with van der Waals surface area (Å²) in [6.07, 6.45) is 17.2. The highest BCUT2D eigenvalue weighted by Crippen LogP contribution is 2.66. The van der Waals surface area contributed by atoms with Crippen LogP contribution in [0, 0.1) is 16.7 Å². The predicted octanol–water partition coefficient (Wildman–Crippen LogP) is 6.69. The van der Waals surface area contributed by atoms with Gasteiger partial charge in [0.05, 0.1) is 0 Å². The van der Waals surface area contributed by atoms with Crippen LogP contribution in [0.4, 0.5) is 10.5 Å². The van der Waals surface area contributed by atoms with Crippen molar-refractivity contribution in [2.45, 2.75) is 122 Å². The van der Waals surface area contributed by atoms with E-state index in [1.165, 1.54) is 38.5 Å². The lowest BCUT2D eigenvalue weighted by Gasteiger charge is -2.65. The number of unbranched alkanes of at least 4 members (excludes halogenated alkanes) is 8. The molecular formula is C32H50N4O4. The van der Waals surface area contributed by atoms with Crippen molar-refractivity contribution in [1.29, 1.82) is 0 Å². The lowest BCUT2D eigenvalue weighted by Crippen LogP contribution is -2.65. The molecule has 4 aliphatic carbocycles. The SMILES string of the molecule is C[C@]12CC3CC(NC(=O)Nc4ccc(C(=O)NCCCCCCCCCCCC(=O)NO)cc4)(C1)C[C@@](C)(C3)C2. The Balaban J connectivity index is 1.07. The van der Waals surface area contributed by atoms with Crippen molar-refractivity contribution >= 4 is 23.5 Å². The molecular weight excluding hydrogens is 504 g/mol. The summed E-state index contributed by atoms with van der Waals surface area (Å²) in [6, 6.07) is 7.01. The zero-order valence-electron chi connectivity index (χ0n) is 24.6. The van der Waals surface area contributed by atoms with Gasteiger partial charge < -0.3 is 16.0 Å². The maximum absolute atomic E-state index is 13.0. The van der Waals surface area contributed by atoms with Crippen LogP contribution in [0.5, 0.6) is 0 Å². The maximum atomic E-state index is 13.0. The molecule has 5 rings (SSSR count). The third kappa shape index (κ3) is 8.45. The number of hydroxylamine groups is 1. The molecule has 4 fully saturated rings. The summed E-state index contributed by atoms with van der Waals surface area (Å²) in [5, 5.41) is 17.8. The van der Waals surface area contributed by atoms with Gasteiger partial charge in [0.1, 0.15) is 0 Å². The fraction of sp³-hybridized carbons (Fsp3) is 0.719. The van der Waals surface area contributed by atoms with E-state index in [0.29, 0.717) is 35.0 Å². The van der Waals surface area contributed by atoms with Crippen LogP contribution in [0.15, 0.2) is 24.3 Å². The summed E-state index contributed by atoms with van der Waals surface area (Å²) in [5.74, 6) is 0.332. The van der Waals surface area contributed by atoms with Crippen LogP contribution in [-0.2, 0) is 4.79 Å². The molecule has 0 aliphatic heterocycles. The standard InChI is InChI=1S/C32H50N4O4/c1-30-18-24-19-31(2,21-30)23-32(20-24,22-30)35-29(39)34-26-15-13-25(14-16-26)28(38)33-17-11-9-7-5-3-4-6-8-10-12-27(37)36-40/h13-16,24,40H,3-12,17-23H2,1-2H3,(H,33,38)(H,36,37)(H2,34,35,39)/t24?,30-,31+,32?. The Hall–Kier alpha value is -2.61. The lowest BCUT2D eigenvalue weighted by atomic mass is 9.43. The van der Waals surface area contributed by atoms with E-state index in [0.717, 1.165) is 63.7 Å². The van der Waals surface area contributed by atoms with Crippen LogP contribution in [0.2, 0.25) is 0 Å². The van der Waals surface area contributed by atoms with E-state index >= 15 is 0 Å². The Kier molecular flexibility index (Phi) is 10.1. The van der Waals surface area contributed by atoms with Crippen LogP contribution in [-0.4, -0.2) is 35.1 Å². The van der Waals surface area contributed by atoms with E-state index in [1.54, 1.807) is 29.7 Å². The largest absolute Gasteiger partial charge is 0.352 e. The molecule has 4 bridgehead atoms. The minimum atomic E-state index is -0.309. The summed E-state index contributed by atoms with van der Waals surface area (Å²) in [4.78, 5) is 36.4. The van der Waals surface area contributed by atoms with Crippen LogP contribution in [0.25, 0.3) is 0 Å². The quantitative estimate of drug-likeness (QED) is 0.0942. The van der Waals surface area contributed by atoms with Gasteiger partial charge in [-0.3, -0.25) is 14.8 Å². The molecule has 0 heterocycles. The molecule has 0 radical (unpaired) electrons. The van der Waals surface area contributed by atoms with Crippen LogP contribution >= 0.6 is 0 Å². The van der Waals surface area contributed by atoms with E-state index < -0.39 is 0 Å². The normalized spacial score (nSPS) is 28.2. The third-order valence-corrected chi connectivity index (χ3v) is 9.40. The smallest absolute Gasteiger partial charge is 0.319 e. The van der Waals surface area contributed by atoms with Crippen LogP contribution < -0.4 is 21.4 Å². The van der Waals surface area contributed by atoms with Crippen molar-refractivity contribution in [2.75, 3.05) is 11.9 Å². The minimum absolute atomic E-state index is 0.0825. The van der Waals surface area contributed by atoms with Gasteiger partial charge in [0.2, 0.25) is 5.91 Å². The van der Waals surface area contributed by atoms with Crippen molar-refractivity contribution in [3.8, 4) is 0 Å². The molecule has 1 aromatic rings. The molecule has 4 saturated carbocycles. The third-order valence-electron chi connectivity index (χ3n) is 9.40. The Labute approximate surface area is 239 Å². The lowest BCUT2D eigenvalue weighted by molar-refractivity contribution is -0.129. The molecule has 222 valence electrons. The summed E-state index contributed by atoms with van der Waals surface area (Å²) in [7, 11) is 0. The summed E-state index contributed by atoms with van der Waals surface area (Å²) >= 11 is 0. The Morgan fingerprint density at radius 3 is 1.95 bits per heavy atom. The Morgan fingerprint density at radius 1 is 0.800 bits per heavy atom. The molecule has 8 nitrogen and oxygen atoms in total. The molecule has 40 heavy (non-hydrogen) atoms. The van der Waals surface area contributed by atoms with Crippen molar-refractivity contribution in [1.82, 2.24) is 16.1 Å². The second-order valence-electron chi connectivity index (χ2n) is 13.8. The van der Waals surface area contributed by atoms with Crippen molar-refractivity contribution in [3.05, 3.63) is 29.8 Å². The van der Waals surface area contributed by atoms with Crippen molar-refractivity contribution in [2.24, 2.45) is 16.7 Å². The van der Waals surface area contributed by atoms with Crippen LogP contribution in [0.3, 0.4) is 0 Å². The number of carbonyl (C=O) groups excluding carboxylic acids is 3. The number of amides is 4. The van der Waals surface area contributed by atoms with E-state index in [9.17, 15) is 14.4 Å². The van der Waals surface area contributed by atoms with Gasteiger partial charge in [-0.2, -0.15) is 0 Å². The number of anilines is 1. The van der Waals surface area contributed by atoms with Gasteiger partial charge in [-0.1, -0.05) is 58.8 Å². The molecule has 8 heteroatoms. The number of rotatable bonds is 15. The molecule has 4 amide bonds. The molecule has 0 saturated heterocycles. The van der Waals surface area contributed by atoms with Gasteiger partial charge in [0.15, 0.2) is 0 Å². The molecule has 5 N–H and O–H groups in total. The highest BCUT2D eigenvalue weighted by Gasteiger charge is 2.60. The van der Waals surface area contributed by atoms with Gasteiger partial charge in [-0.15, -0.1) is 0 Å². The van der Waals surface area contributed by atoms with E-state index in [2.05, 4.69) is 29.8 Å². The number of hydrogen-bond donors (Lipinski definition) is 5. The molecule has 2 unspecified atom stereocenters. The minimum Gasteiger partial charge on any atom is -0.352 e. The van der Waals surface area contributed by atoms with E-state index in [4.69, 9.17) is 5.21 Å². The summed E-state index contributed by atoms with van der Waals surface area (Å²) in [6.45, 7) is 5.48. The van der Waals surface area contributed by atoms with E-state index in [-0.39, 0.29) is 23.4 Å². The molecule has 4 aliphatic rings. The Morgan fingerprint density at radius 2 is 1.38 bits per heavy atom. The second-order valence-corrected chi connectivity index (χ2v) is 13.8. The van der Waals surface area contributed by atoms with Crippen molar-refractivity contribution < 1.29 is 19.6 Å². The number of nitrogens with one attached hydrogen (secondary N) is 4. The fourth-order valence-electron chi connectivity index (χ4n) is 8.70. The average Bonchev–Trinajstić information content (AvgIpc) is 2.86. The van der Waals surface area contributed by atoms with Gasteiger partial charge in [-0.25, -0.2) is 10.3 Å². The first-order valence-electron chi connectivity index (χ1n) is 15.5. The van der Waals surface area contributed by atoms with Gasteiger partial charge in [0.25, 0.3) is 5.91 Å². The first-order valence-corrected chi connectivity index (χ1v) is 15.5. The average molecular weight is 555 g/mol. The fourth-order valence-corrected chi connectivity index (χ4v) is 8.70. The monoisotopic (exact) mass is 554 g/mol. The van der Waals surface area contributed by atoms with Crippen LogP contribution in [0.1, 0.15) is 127 Å². The number of urea groups is 1. The predicted molar refractivity (Wildman–Crippen MR) is 157 cm³/mol. The number of carbonyl (C=O) groups is 3. The molecule has 0 spiro atoms. The maximum Gasteiger partial charge on any atom is 0.319 e. The molecule has 1 aromatic carbocycles. The highest BCUT2D eigenvalue weighted by atomic mass is 16.5. The number of benzene rings is 1. The zero-order chi connectivity index (χ0) is 28.6. The number of hydrogen-bond acceptors (Lipinski definition) is 4. The van der Waals surface area contributed by atoms with Gasteiger partial charge >= 0.3 is 6.03 Å². The first-order chi connectivity index (χ1) is 19.1. The van der Waals surface area contributed by atoms with Gasteiger partial charge in [-0.05, 0) is 92.4 Å².